The molecular formula is C18H15BrO. The highest BCUT2D eigenvalue weighted by Gasteiger charge is 2.09. The van der Waals surface area contributed by atoms with Gasteiger partial charge in [0.25, 0.3) is 0 Å². The van der Waals surface area contributed by atoms with Crippen LogP contribution in [0.4, 0.5) is 0 Å². The Kier molecular flexibility index (Phi) is 3.86. The molecule has 0 saturated carbocycles. The summed E-state index contributed by atoms with van der Waals surface area (Å²) in [4.78, 5) is 0. The van der Waals surface area contributed by atoms with Crippen molar-refractivity contribution in [3.8, 4) is 0 Å². The summed E-state index contributed by atoms with van der Waals surface area (Å²) in [5, 5.41) is 12.8. The SMILES string of the molecule is OC(Cc1cccc(Br)c1)c1ccc2ccccc2c1. The summed E-state index contributed by atoms with van der Waals surface area (Å²) in [6.45, 7) is 0. The maximum atomic E-state index is 10.4. The lowest BCUT2D eigenvalue weighted by atomic mass is 9.99. The molecule has 0 saturated heterocycles. The molecule has 0 fully saturated rings. The molecule has 1 unspecified atom stereocenters. The van der Waals surface area contributed by atoms with Gasteiger partial charge in [0.2, 0.25) is 0 Å². The Morgan fingerprint density at radius 1 is 0.850 bits per heavy atom. The summed E-state index contributed by atoms with van der Waals surface area (Å²) in [6, 6.07) is 22.4. The first-order valence-electron chi connectivity index (χ1n) is 6.63. The Labute approximate surface area is 127 Å². The Morgan fingerprint density at radius 3 is 2.45 bits per heavy atom. The zero-order valence-corrected chi connectivity index (χ0v) is 12.5. The molecular weight excluding hydrogens is 312 g/mol. The molecule has 0 aliphatic rings. The second-order valence-electron chi connectivity index (χ2n) is 4.96. The van der Waals surface area contributed by atoms with Crippen LogP contribution in [0.1, 0.15) is 17.2 Å². The van der Waals surface area contributed by atoms with Gasteiger partial charge in [0.1, 0.15) is 0 Å². The number of aliphatic hydroxyl groups is 1. The van der Waals surface area contributed by atoms with E-state index >= 15 is 0 Å². The van der Waals surface area contributed by atoms with Crippen LogP contribution in [-0.4, -0.2) is 5.11 Å². The molecule has 0 radical (unpaired) electrons. The monoisotopic (exact) mass is 326 g/mol. The zero-order valence-electron chi connectivity index (χ0n) is 11.0. The van der Waals surface area contributed by atoms with E-state index in [4.69, 9.17) is 0 Å². The molecule has 0 amide bonds. The minimum absolute atomic E-state index is 0.478. The second kappa shape index (κ2) is 5.78. The van der Waals surface area contributed by atoms with E-state index in [-0.39, 0.29) is 0 Å². The number of hydrogen-bond acceptors (Lipinski definition) is 1. The summed E-state index contributed by atoms with van der Waals surface area (Å²) >= 11 is 3.46. The van der Waals surface area contributed by atoms with Gasteiger partial charge < -0.3 is 5.11 Å². The summed E-state index contributed by atoms with van der Waals surface area (Å²) in [7, 11) is 0. The predicted octanol–water partition coefficient (Wildman–Crippen LogP) is 4.88. The van der Waals surface area contributed by atoms with Gasteiger partial charge in [0.15, 0.2) is 0 Å². The Morgan fingerprint density at radius 2 is 1.65 bits per heavy atom. The van der Waals surface area contributed by atoms with E-state index in [0.717, 1.165) is 15.6 Å². The average Bonchev–Trinajstić information content (AvgIpc) is 2.47. The average molecular weight is 327 g/mol. The predicted molar refractivity (Wildman–Crippen MR) is 86.8 cm³/mol. The molecule has 100 valence electrons. The molecule has 3 rings (SSSR count). The fourth-order valence-corrected chi connectivity index (χ4v) is 2.87. The van der Waals surface area contributed by atoms with E-state index in [0.29, 0.717) is 6.42 Å². The van der Waals surface area contributed by atoms with Crippen LogP contribution in [0.5, 0.6) is 0 Å². The molecule has 1 atom stereocenters. The Hall–Kier alpha value is -1.64. The standard InChI is InChI=1S/C18H15BrO/c19-17-7-3-4-13(10-17)11-18(20)16-9-8-14-5-1-2-6-15(14)12-16/h1-10,12,18,20H,11H2. The van der Waals surface area contributed by atoms with Crippen LogP contribution in [0.15, 0.2) is 71.2 Å². The van der Waals surface area contributed by atoms with Crippen molar-refractivity contribution in [1.82, 2.24) is 0 Å². The van der Waals surface area contributed by atoms with Gasteiger partial charge in [-0.2, -0.15) is 0 Å². The van der Waals surface area contributed by atoms with Gasteiger partial charge in [-0.05, 0) is 40.1 Å². The van der Waals surface area contributed by atoms with Crippen molar-refractivity contribution < 1.29 is 5.11 Å². The first kappa shape index (κ1) is 13.3. The summed E-state index contributed by atoms with van der Waals surface area (Å²) in [5.41, 5.74) is 2.09. The van der Waals surface area contributed by atoms with Crippen molar-refractivity contribution in [3.63, 3.8) is 0 Å². The first-order valence-corrected chi connectivity index (χ1v) is 7.43. The van der Waals surface area contributed by atoms with Crippen LogP contribution in [-0.2, 0) is 6.42 Å². The summed E-state index contributed by atoms with van der Waals surface area (Å²) < 4.78 is 1.04. The molecule has 0 spiro atoms. The first-order chi connectivity index (χ1) is 9.72. The van der Waals surface area contributed by atoms with Gasteiger partial charge >= 0.3 is 0 Å². The van der Waals surface area contributed by atoms with Crippen molar-refractivity contribution in [3.05, 3.63) is 82.3 Å². The fourth-order valence-electron chi connectivity index (χ4n) is 2.42. The number of hydrogen-bond donors (Lipinski definition) is 1. The van der Waals surface area contributed by atoms with E-state index in [1.165, 1.54) is 10.8 Å². The van der Waals surface area contributed by atoms with Crippen LogP contribution in [0, 0.1) is 0 Å². The molecule has 1 N–H and O–H groups in total. The third kappa shape index (κ3) is 2.92. The largest absolute Gasteiger partial charge is 0.388 e. The third-order valence-corrected chi connectivity index (χ3v) is 3.97. The van der Waals surface area contributed by atoms with Crippen LogP contribution in [0.3, 0.4) is 0 Å². The molecule has 0 aromatic heterocycles. The highest BCUT2D eigenvalue weighted by atomic mass is 79.9. The van der Waals surface area contributed by atoms with E-state index < -0.39 is 6.10 Å². The van der Waals surface area contributed by atoms with Crippen molar-refractivity contribution in [2.45, 2.75) is 12.5 Å². The van der Waals surface area contributed by atoms with Crippen molar-refractivity contribution in [2.75, 3.05) is 0 Å². The van der Waals surface area contributed by atoms with Crippen molar-refractivity contribution in [1.29, 1.82) is 0 Å². The molecule has 3 aromatic rings. The Balaban J connectivity index is 1.86. The second-order valence-corrected chi connectivity index (χ2v) is 5.87. The van der Waals surface area contributed by atoms with Gasteiger partial charge in [-0.25, -0.2) is 0 Å². The van der Waals surface area contributed by atoms with Crippen LogP contribution >= 0.6 is 15.9 Å². The topological polar surface area (TPSA) is 20.2 Å². The normalized spacial score (nSPS) is 12.5. The van der Waals surface area contributed by atoms with E-state index in [1.807, 2.05) is 42.5 Å². The number of benzene rings is 3. The maximum Gasteiger partial charge on any atom is 0.0830 e. The molecule has 0 aliphatic carbocycles. The van der Waals surface area contributed by atoms with E-state index in [2.05, 4.69) is 40.2 Å². The van der Waals surface area contributed by atoms with Gasteiger partial charge in [0, 0.05) is 10.9 Å². The maximum absolute atomic E-state index is 10.4. The van der Waals surface area contributed by atoms with Gasteiger partial charge in [-0.15, -0.1) is 0 Å². The summed E-state index contributed by atoms with van der Waals surface area (Å²) in [6.07, 6.45) is 0.145. The molecule has 3 aromatic carbocycles. The highest BCUT2D eigenvalue weighted by Crippen LogP contribution is 2.24. The van der Waals surface area contributed by atoms with E-state index in [1.54, 1.807) is 0 Å². The smallest absolute Gasteiger partial charge is 0.0830 e. The molecule has 0 bridgehead atoms. The quantitative estimate of drug-likeness (QED) is 0.727. The number of rotatable bonds is 3. The van der Waals surface area contributed by atoms with Crippen LogP contribution < -0.4 is 0 Å². The van der Waals surface area contributed by atoms with E-state index in [9.17, 15) is 5.11 Å². The number of halogens is 1. The molecule has 0 aliphatic heterocycles. The van der Waals surface area contributed by atoms with Crippen molar-refractivity contribution in [2.24, 2.45) is 0 Å². The third-order valence-electron chi connectivity index (χ3n) is 3.48. The molecule has 1 nitrogen and oxygen atoms in total. The zero-order chi connectivity index (χ0) is 13.9. The lowest BCUT2D eigenvalue weighted by Crippen LogP contribution is -2.01. The Bertz CT molecular complexity index is 736. The molecule has 0 heterocycles. The number of aliphatic hydroxyl groups excluding tert-OH is 1. The lowest BCUT2D eigenvalue weighted by molar-refractivity contribution is 0.178. The van der Waals surface area contributed by atoms with Gasteiger partial charge in [-0.3, -0.25) is 0 Å². The fraction of sp³-hybridized carbons (Fsp3) is 0.111. The van der Waals surface area contributed by atoms with Crippen molar-refractivity contribution >= 4 is 26.7 Å². The van der Waals surface area contributed by atoms with Gasteiger partial charge in [-0.1, -0.05) is 64.5 Å². The van der Waals surface area contributed by atoms with Crippen LogP contribution in [0.25, 0.3) is 10.8 Å². The summed E-state index contributed by atoms with van der Waals surface area (Å²) in [5.74, 6) is 0. The van der Waals surface area contributed by atoms with Gasteiger partial charge in [0.05, 0.1) is 6.10 Å². The minimum Gasteiger partial charge on any atom is -0.388 e. The van der Waals surface area contributed by atoms with Crippen LogP contribution in [0.2, 0.25) is 0 Å². The number of fused-ring (bicyclic) bond motifs is 1. The lowest BCUT2D eigenvalue weighted by Gasteiger charge is -2.12. The minimum atomic E-state index is -0.478. The molecule has 2 heteroatoms. The molecule has 20 heavy (non-hydrogen) atoms. The highest BCUT2D eigenvalue weighted by molar-refractivity contribution is 9.10.